The average Bonchev–Trinajstić information content (AvgIpc) is 2.40. The van der Waals surface area contributed by atoms with Crippen molar-refractivity contribution in [3.05, 3.63) is 42.2 Å². The molecule has 0 spiro atoms. The fourth-order valence-corrected chi connectivity index (χ4v) is 2.04. The standard InChI is InChI=1S/C15H21NO/c1-2-5-13-7-9-14(10-8-13)16-12-15-6-3-4-11-17-15/h4,7-11,15-16H,2-3,5-6,12H2,1H3. The molecule has 1 unspecified atom stereocenters. The van der Waals surface area contributed by atoms with Crippen LogP contribution in [0, 0.1) is 0 Å². The van der Waals surface area contributed by atoms with Crippen LogP contribution >= 0.6 is 0 Å². The molecule has 2 rings (SSSR count). The zero-order valence-corrected chi connectivity index (χ0v) is 10.5. The van der Waals surface area contributed by atoms with Gasteiger partial charge in [-0.1, -0.05) is 25.5 Å². The smallest absolute Gasteiger partial charge is 0.115 e. The van der Waals surface area contributed by atoms with Crippen LogP contribution in [0.2, 0.25) is 0 Å². The lowest BCUT2D eigenvalue weighted by Gasteiger charge is -2.20. The Bertz CT molecular complexity index is 356. The highest BCUT2D eigenvalue weighted by molar-refractivity contribution is 5.44. The third-order valence-corrected chi connectivity index (χ3v) is 3.05. The summed E-state index contributed by atoms with van der Waals surface area (Å²) in [5, 5.41) is 3.42. The number of anilines is 1. The Labute approximate surface area is 104 Å². The summed E-state index contributed by atoms with van der Waals surface area (Å²) in [6.45, 7) is 3.09. The highest BCUT2D eigenvalue weighted by atomic mass is 16.5. The maximum absolute atomic E-state index is 5.52. The monoisotopic (exact) mass is 231 g/mol. The molecule has 0 fully saturated rings. The predicted octanol–water partition coefficient (Wildman–Crippen LogP) is 3.74. The van der Waals surface area contributed by atoms with E-state index in [4.69, 9.17) is 4.74 Å². The number of rotatable bonds is 5. The summed E-state index contributed by atoms with van der Waals surface area (Å²) in [4.78, 5) is 0. The van der Waals surface area contributed by atoms with E-state index in [0.29, 0.717) is 6.10 Å². The van der Waals surface area contributed by atoms with Gasteiger partial charge in [0, 0.05) is 5.69 Å². The molecule has 0 saturated heterocycles. The number of benzene rings is 1. The van der Waals surface area contributed by atoms with Crippen LogP contribution in [0.3, 0.4) is 0 Å². The first-order valence-corrected chi connectivity index (χ1v) is 6.52. The lowest BCUT2D eigenvalue weighted by molar-refractivity contribution is 0.135. The zero-order chi connectivity index (χ0) is 11.9. The topological polar surface area (TPSA) is 21.3 Å². The largest absolute Gasteiger partial charge is 0.497 e. The second-order valence-corrected chi connectivity index (χ2v) is 4.54. The molecule has 1 aromatic rings. The zero-order valence-electron chi connectivity index (χ0n) is 10.5. The molecule has 1 aliphatic heterocycles. The summed E-state index contributed by atoms with van der Waals surface area (Å²) in [6.07, 6.45) is 8.82. The summed E-state index contributed by atoms with van der Waals surface area (Å²) in [5.74, 6) is 0. The normalized spacial score (nSPS) is 18.8. The minimum atomic E-state index is 0.315. The molecule has 92 valence electrons. The van der Waals surface area contributed by atoms with Crippen LogP contribution in [-0.4, -0.2) is 12.6 Å². The maximum atomic E-state index is 5.52. The fraction of sp³-hybridized carbons (Fsp3) is 0.467. The lowest BCUT2D eigenvalue weighted by Crippen LogP contribution is -2.22. The molecule has 0 radical (unpaired) electrons. The lowest BCUT2D eigenvalue weighted by atomic mass is 10.1. The number of aryl methyl sites for hydroxylation is 1. The Kier molecular flexibility index (Phi) is 4.48. The Hall–Kier alpha value is -1.44. The molecular weight excluding hydrogens is 210 g/mol. The van der Waals surface area contributed by atoms with E-state index in [1.165, 1.54) is 17.7 Å². The molecule has 17 heavy (non-hydrogen) atoms. The SMILES string of the molecule is CCCc1ccc(NCC2CCC=CO2)cc1. The molecule has 2 heteroatoms. The van der Waals surface area contributed by atoms with Crippen LogP contribution in [0.1, 0.15) is 31.7 Å². The molecule has 1 N–H and O–H groups in total. The van der Waals surface area contributed by atoms with Gasteiger partial charge in [-0.3, -0.25) is 0 Å². The molecule has 0 aliphatic carbocycles. The highest BCUT2D eigenvalue weighted by Crippen LogP contribution is 2.14. The molecule has 0 aromatic heterocycles. The van der Waals surface area contributed by atoms with E-state index in [0.717, 1.165) is 25.8 Å². The van der Waals surface area contributed by atoms with Gasteiger partial charge < -0.3 is 10.1 Å². The fourth-order valence-electron chi connectivity index (χ4n) is 2.04. The summed E-state index contributed by atoms with van der Waals surface area (Å²) in [5.41, 5.74) is 2.60. The second-order valence-electron chi connectivity index (χ2n) is 4.54. The van der Waals surface area contributed by atoms with Crippen molar-refractivity contribution in [1.82, 2.24) is 0 Å². The molecule has 0 saturated carbocycles. The Morgan fingerprint density at radius 2 is 2.12 bits per heavy atom. The van der Waals surface area contributed by atoms with Crippen LogP contribution in [0.15, 0.2) is 36.6 Å². The van der Waals surface area contributed by atoms with E-state index >= 15 is 0 Å². The van der Waals surface area contributed by atoms with Crippen molar-refractivity contribution in [1.29, 1.82) is 0 Å². The maximum Gasteiger partial charge on any atom is 0.115 e. The summed E-state index contributed by atoms with van der Waals surface area (Å²) in [6, 6.07) is 8.72. The minimum absolute atomic E-state index is 0.315. The van der Waals surface area contributed by atoms with Crippen molar-refractivity contribution in [2.24, 2.45) is 0 Å². The van der Waals surface area contributed by atoms with Gasteiger partial charge >= 0.3 is 0 Å². The molecular formula is C15H21NO. The van der Waals surface area contributed by atoms with Gasteiger partial charge in [-0.25, -0.2) is 0 Å². The molecule has 2 nitrogen and oxygen atoms in total. The van der Waals surface area contributed by atoms with Crippen molar-refractivity contribution in [3.63, 3.8) is 0 Å². The van der Waals surface area contributed by atoms with Crippen LogP contribution in [-0.2, 0) is 11.2 Å². The van der Waals surface area contributed by atoms with Crippen LogP contribution in [0.5, 0.6) is 0 Å². The third-order valence-electron chi connectivity index (χ3n) is 3.05. The van der Waals surface area contributed by atoms with Gasteiger partial charge in [0.25, 0.3) is 0 Å². The van der Waals surface area contributed by atoms with Crippen LogP contribution in [0.4, 0.5) is 5.69 Å². The van der Waals surface area contributed by atoms with Crippen LogP contribution in [0.25, 0.3) is 0 Å². The van der Waals surface area contributed by atoms with Crippen molar-refractivity contribution >= 4 is 5.69 Å². The summed E-state index contributed by atoms with van der Waals surface area (Å²) in [7, 11) is 0. The number of hydrogen-bond acceptors (Lipinski definition) is 2. The predicted molar refractivity (Wildman–Crippen MR) is 72.2 cm³/mol. The van der Waals surface area contributed by atoms with Crippen LogP contribution < -0.4 is 5.32 Å². The number of ether oxygens (including phenoxy) is 1. The highest BCUT2D eigenvalue weighted by Gasteiger charge is 2.09. The Balaban J connectivity index is 1.80. The van der Waals surface area contributed by atoms with E-state index < -0.39 is 0 Å². The van der Waals surface area contributed by atoms with E-state index in [-0.39, 0.29) is 0 Å². The summed E-state index contributed by atoms with van der Waals surface area (Å²) < 4.78 is 5.52. The van der Waals surface area contributed by atoms with E-state index in [9.17, 15) is 0 Å². The first-order valence-electron chi connectivity index (χ1n) is 6.52. The van der Waals surface area contributed by atoms with E-state index in [1.807, 2.05) is 6.26 Å². The number of nitrogens with one attached hydrogen (secondary N) is 1. The summed E-state index contributed by atoms with van der Waals surface area (Å²) >= 11 is 0. The second kappa shape index (κ2) is 6.33. The van der Waals surface area contributed by atoms with Crippen molar-refractivity contribution in [2.75, 3.05) is 11.9 Å². The van der Waals surface area contributed by atoms with E-state index in [1.54, 1.807) is 0 Å². The van der Waals surface area contributed by atoms with Gasteiger partial charge in [-0.05, 0) is 43.0 Å². The minimum Gasteiger partial charge on any atom is -0.497 e. The van der Waals surface area contributed by atoms with Crippen molar-refractivity contribution < 1.29 is 4.74 Å². The van der Waals surface area contributed by atoms with Gasteiger partial charge in [0.05, 0.1) is 12.8 Å². The quantitative estimate of drug-likeness (QED) is 0.833. The molecule has 1 heterocycles. The molecule has 0 bridgehead atoms. The first-order chi connectivity index (χ1) is 8.38. The van der Waals surface area contributed by atoms with E-state index in [2.05, 4.69) is 42.6 Å². The van der Waals surface area contributed by atoms with Gasteiger partial charge in [-0.2, -0.15) is 0 Å². The third kappa shape index (κ3) is 3.81. The van der Waals surface area contributed by atoms with Gasteiger partial charge in [0.15, 0.2) is 0 Å². The van der Waals surface area contributed by atoms with Gasteiger partial charge in [0.2, 0.25) is 0 Å². The van der Waals surface area contributed by atoms with Gasteiger partial charge in [-0.15, -0.1) is 0 Å². The number of hydrogen-bond donors (Lipinski definition) is 1. The number of allylic oxidation sites excluding steroid dienone is 1. The van der Waals surface area contributed by atoms with Crippen molar-refractivity contribution in [3.8, 4) is 0 Å². The van der Waals surface area contributed by atoms with Gasteiger partial charge in [0.1, 0.15) is 6.10 Å². The molecule has 1 aromatic carbocycles. The Morgan fingerprint density at radius 3 is 2.76 bits per heavy atom. The Morgan fingerprint density at radius 1 is 1.29 bits per heavy atom. The first kappa shape index (κ1) is 12.0. The molecule has 1 atom stereocenters. The average molecular weight is 231 g/mol. The molecule has 1 aliphatic rings. The molecule has 0 amide bonds. The van der Waals surface area contributed by atoms with Crippen molar-refractivity contribution in [2.45, 2.75) is 38.7 Å².